The molecule has 1 N–H and O–H groups in total. The number of aromatic nitrogens is 3. The maximum Gasteiger partial charge on any atom is 0.226 e. The Balaban J connectivity index is 1.60. The molecular weight excluding hydrogens is 304 g/mol. The quantitative estimate of drug-likeness (QED) is 0.907. The van der Waals surface area contributed by atoms with Crippen molar-refractivity contribution in [3.05, 3.63) is 41.9 Å². The number of hydrogen-bond donors (Lipinski definition) is 1. The summed E-state index contributed by atoms with van der Waals surface area (Å²) in [5, 5.41) is 3.22. The number of ether oxygens (including phenoxy) is 1. The summed E-state index contributed by atoms with van der Waals surface area (Å²) in [6.45, 7) is 1.61. The Hall–Kier alpha value is -2.35. The van der Waals surface area contributed by atoms with Gasteiger partial charge in [0.25, 0.3) is 0 Å². The zero-order chi connectivity index (χ0) is 16.2. The maximum absolute atomic E-state index is 13.7. The minimum absolute atomic E-state index is 0.0540. The highest BCUT2D eigenvalue weighted by molar-refractivity contribution is 5.29. The lowest BCUT2D eigenvalue weighted by Crippen LogP contribution is -2.27. The lowest BCUT2D eigenvalue weighted by Gasteiger charge is -2.17. The van der Waals surface area contributed by atoms with Gasteiger partial charge in [-0.05, 0) is 6.42 Å². The van der Waals surface area contributed by atoms with E-state index in [2.05, 4.69) is 20.3 Å². The number of halogens is 2. The Labute approximate surface area is 132 Å². The van der Waals surface area contributed by atoms with Crippen molar-refractivity contribution in [2.45, 2.75) is 19.0 Å². The van der Waals surface area contributed by atoms with E-state index in [1.165, 1.54) is 0 Å². The third-order valence-corrected chi connectivity index (χ3v) is 3.78. The summed E-state index contributed by atoms with van der Waals surface area (Å²) in [6, 6.07) is 1.79. The topological polar surface area (TPSA) is 63.2 Å². The average Bonchev–Trinajstić information content (AvgIpc) is 2.98. The van der Waals surface area contributed by atoms with E-state index in [9.17, 15) is 8.78 Å². The van der Waals surface area contributed by atoms with E-state index in [0.29, 0.717) is 18.4 Å². The number of nitrogens with zero attached hydrogens (tertiary/aromatic N) is 4. The fraction of sp³-hybridized carbons (Fsp3) is 0.400. The summed E-state index contributed by atoms with van der Waals surface area (Å²) in [4.78, 5) is 13.8. The molecule has 6 nitrogen and oxygen atoms in total. The number of likely N-dealkylation sites (tertiary alicyclic amines) is 1. The Morgan fingerprint density at radius 1 is 1.35 bits per heavy atom. The number of hydrogen-bond acceptors (Lipinski definition) is 6. The summed E-state index contributed by atoms with van der Waals surface area (Å²) < 4.78 is 32.4. The van der Waals surface area contributed by atoms with Crippen molar-refractivity contribution in [3.63, 3.8) is 0 Å². The highest BCUT2D eigenvalue weighted by Crippen LogP contribution is 2.19. The normalized spacial score (nSPS) is 18.1. The van der Waals surface area contributed by atoms with Gasteiger partial charge in [0.05, 0.1) is 19.5 Å². The first kappa shape index (κ1) is 15.5. The van der Waals surface area contributed by atoms with E-state index in [1.54, 1.807) is 19.4 Å². The summed E-state index contributed by atoms with van der Waals surface area (Å²) in [6.07, 6.45) is 4.53. The van der Waals surface area contributed by atoms with Gasteiger partial charge >= 0.3 is 0 Å². The van der Waals surface area contributed by atoms with Crippen LogP contribution in [-0.2, 0) is 6.54 Å². The van der Waals surface area contributed by atoms with Crippen LogP contribution in [0.15, 0.2) is 24.7 Å². The summed E-state index contributed by atoms with van der Waals surface area (Å²) in [7, 11) is 1.54. The van der Waals surface area contributed by atoms with Gasteiger partial charge in [0.1, 0.15) is 11.6 Å². The van der Waals surface area contributed by atoms with E-state index >= 15 is 0 Å². The molecule has 3 rings (SSSR count). The number of rotatable bonds is 5. The van der Waals surface area contributed by atoms with Crippen LogP contribution in [0.5, 0.6) is 5.88 Å². The molecule has 1 aliphatic heterocycles. The standard InChI is InChI=1S/C15H17F2N5O/c1-23-14-2-4-19-15(21-14)20-10-3-5-22(8-10)9-11-12(16)6-18-7-13(11)17/h2,4,6-7,10H,3,5,8-9H2,1H3,(H,19,20,21). The van der Waals surface area contributed by atoms with E-state index in [-0.39, 0.29) is 18.2 Å². The highest BCUT2D eigenvalue weighted by Gasteiger charge is 2.25. The van der Waals surface area contributed by atoms with Gasteiger partial charge in [-0.2, -0.15) is 4.98 Å². The number of pyridine rings is 1. The van der Waals surface area contributed by atoms with Crippen molar-refractivity contribution < 1.29 is 13.5 Å². The molecule has 0 aromatic carbocycles. The van der Waals surface area contributed by atoms with Crippen molar-refractivity contribution in [2.24, 2.45) is 0 Å². The second-order valence-corrected chi connectivity index (χ2v) is 5.37. The Bertz CT molecular complexity index is 664. The van der Waals surface area contributed by atoms with Crippen LogP contribution in [0.1, 0.15) is 12.0 Å². The van der Waals surface area contributed by atoms with Gasteiger partial charge in [-0.25, -0.2) is 13.8 Å². The fourth-order valence-corrected chi connectivity index (χ4v) is 2.61. The zero-order valence-corrected chi connectivity index (χ0v) is 12.7. The molecule has 8 heteroatoms. The van der Waals surface area contributed by atoms with Crippen molar-refractivity contribution in [1.82, 2.24) is 19.9 Å². The van der Waals surface area contributed by atoms with Crippen LogP contribution in [0.3, 0.4) is 0 Å². The molecule has 0 aliphatic carbocycles. The Morgan fingerprint density at radius 3 is 2.87 bits per heavy atom. The second kappa shape index (κ2) is 6.82. The molecule has 0 saturated carbocycles. The monoisotopic (exact) mass is 321 g/mol. The van der Waals surface area contributed by atoms with Crippen LogP contribution in [0.25, 0.3) is 0 Å². The van der Waals surface area contributed by atoms with E-state index in [4.69, 9.17) is 4.74 Å². The lowest BCUT2D eigenvalue weighted by atomic mass is 10.2. The van der Waals surface area contributed by atoms with Crippen LogP contribution < -0.4 is 10.1 Å². The minimum Gasteiger partial charge on any atom is -0.481 e. The molecular formula is C15H17F2N5O. The molecule has 1 unspecified atom stereocenters. The summed E-state index contributed by atoms with van der Waals surface area (Å²) in [5.74, 6) is -0.258. The lowest BCUT2D eigenvalue weighted by molar-refractivity contribution is 0.315. The molecule has 1 saturated heterocycles. The van der Waals surface area contributed by atoms with Gasteiger partial charge in [0.2, 0.25) is 11.8 Å². The van der Waals surface area contributed by atoms with Gasteiger partial charge in [0, 0.05) is 43.5 Å². The van der Waals surface area contributed by atoms with Crippen LogP contribution in [0.4, 0.5) is 14.7 Å². The van der Waals surface area contributed by atoms with Crippen molar-refractivity contribution >= 4 is 5.95 Å². The predicted octanol–water partition coefficient (Wildman–Crippen LogP) is 1.84. The highest BCUT2D eigenvalue weighted by atomic mass is 19.1. The van der Waals surface area contributed by atoms with Crippen LogP contribution in [-0.4, -0.2) is 46.1 Å². The van der Waals surface area contributed by atoms with Gasteiger partial charge in [-0.3, -0.25) is 9.88 Å². The van der Waals surface area contributed by atoms with Crippen LogP contribution in [0, 0.1) is 11.6 Å². The zero-order valence-electron chi connectivity index (χ0n) is 12.7. The molecule has 0 bridgehead atoms. The maximum atomic E-state index is 13.7. The average molecular weight is 321 g/mol. The molecule has 1 atom stereocenters. The first-order chi connectivity index (χ1) is 11.2. The van der Waals surface area contributed by atoms with Gasteiger partial charge in [-0.1, -0.05) is 0 Å². The first-order valence-corrected chi connectivity index (χ1v) is 7.29. The molecule has 122 valence electrons. The smallest absolute Gasteiger partial charge is 0.226 e. The first-order valence-electron chi connectivity index (χ1n) is 7.29. The molecule has 0 spiro atoms. The molecule has 3 heterocycles. The largest absolute Gasteiger partial charge is 0.481 e. The van der Waals surface area contributed by atoms with E-state index in [0.717, 1.165) is 25.4 Å². The third kappa shape index (κ3) is 3.70. The van der Waals surface area contributed by atoms with Crippen molar-refractivity contribution in [2.75, 3.05) is 25.5 Å². The van der Waals surface area contributed by atoms with Crippen molar-refractivity contribution in [1.29, 1.82) is 0 Å². The third-order valence-electron chi connectivity index (χ3n) is 3.78. The summed E-state index contributed by atoms with van der Waals surface area (Å²) in [5.41, 5.74) is 0.0540. The minimum atomic E-state index is -0.613. The van der Waals surface area contributed by atoms with Gasteiger partial charge < -0.3 is 10.1 Å². The summed E-state index contributed by atoms with van der Waals surface area (Å²) >= 11 is 0. The van der Waals surface area contributed by atoms with E-state index in [1.807, 2.05) is 4.90 Å². The van der Waals surface area contributed by atoms with Crippen LogP contribution >= 0.6 is 0 Å². The van der Waals surface area contributed by atoms with Crippen LogP contribution in [0.2, 0.25) is 0 Å². The number of nitrogens with one attached hydrogen (secondary N) is 1. The van der Waals surface area contributed by atoms with Crippen molar-refractivity contribution in [3.8, 4) is 5.88 Å². The molecule has 2 aromatic rings. The number of methoxy groups -OCH3 is 1. The molecule has 1 aliphatic rings. The molecule has 0 amide bonds. The number of anilines is 1. The van der Waals surface area contributed by atoms with Gasteiger partial charge in [-0.15, -0.1) is 0 Å². The van der Waals surface area contributed by atoms with E-state index < -0.39 is 11.6 Å². The van der Waals surface area contributed by atoms with Gasteiger partial charge in [0.15, 0.2) is 0 Å². The molecule has 1 fully saturated rings. The second-order valence-electron chi connectivity index (χ2n) is 5.37. The molecule has 0 radical (unpaired) electrons. The predicted molar refractivity (Wildman–Crippen MR) is 80.0 cm³/mol. The molecule has 23 heavy (non-hydrogen) atoms. The Kier molecular flexibility index (Phi) is 4.61. The Morgan fingerprint density at radius 2 is 2.13 bits per heavy atom. The fourth-order valence-electron chi connectivity index (χ4n) is 2.61. The molecule has 2 aromatic heterocycles. The SMILES string of the molecule is COc1ccnc(NC2CCN(Cc3c(F)cncc3F)C2)n1.